The molecule has 3 rings (SSSR count). The van der Waals surface area contributed by atoms with Crippen molar-refractivity contribution in [3.05, 3.63) is 83.7 Å². The van der Waals surface area contributed by atoms with Gasteiger partial charge >= 0.3 is 0 Å². The lowest BCUT2D eigenvalue weighted by atomic mass is 10.0. The molecule has 0 saturated carbocycles. The molecule has 0 fully saturated rings. The fraction of sp³-hybridized carbons (Fsp3) is 0.227. The number of carbonyl (C=O) groups is 1. The van der Waals surface area contributed by atoms with Crippen molar-refractivity contribution in [2.24, 2.45) is 0 Å². The van der Waals surface area contributed by atoms with Gasteiger partial charge in [0.05, 0.1) is 25.3 Å². The molecule has 0 aliphatic carbocycles. The van der Waals surface area contributed by atoms with Gasteiger partial charge in [0, 0.05) is 12.4 Å². The van der Waals surface area contributed by atoms with Gasteiger partial charge in [-0.3, -0.25) is 4.79 Å². The maximum absolute atomic E-state index is 12.8. The van der Waals surface area contributed by atoms with E-state index in [1.165, 1.54) is 5.56 Å². The summed E-state index contributed by atoms with van der Waals surface area (Å²) < 4.78 is 7.43. The number of nitrogens with zero attached hydrogens (tertiary/aromatic N) is 1. The monoisotopic (exact) mass is 348 g/mol. The molecule has 1 atom stereocenters. The zero-order chi connectivity index (χ0) is 18.5. The van der Waals surface area contributed by atoms with Crippen LogP contribution in [0.1, 0.15) is 29.2 Å². The second-order valence-corrected chi connectivity index (χ2v) is 6.52. The summed E-state index contributed by atoms with van der Waals surface area (Å²) in [6, 6.07) is 17.9. The molecule has 1 unspecified atom stereocenters. The van der Waals surface area contributed by atoms with Crippen LogP contribution in [0.4, 0.5) is 5.69 Å². The van der Waals surface area contributed by atoms with E-state index in [0.29, 0.717) is 17.9 Å². The second kappa shape index (κ2) is 7.91. The Balaban J connectivity index is 1.83. The van der Waals surface area contributed by atoms with Crippen molar-refractivity contribution in [3.8, 4) is 5.75 Å². The molecule has 0 aliphatic rings. The summed E-state index contributed by atoms with van der Waals surface area (Å²) >= 11 is 0. The van der Waals surface area contributed by atoms with E-state index in [1.54, 1.807) is 7.11 Å². The van der Waals surface area contributed by atoms with Crippen LogP contribution in [0.2, 0.25) is 0 Å². The van der Waals surface area contributed by atoms with Gasteiger partial charge in [0.25, 0.3) is 0 Å². The fourth-order valence-electron chi connectivity index (χ4n) is 3.12. The van der Waals surface area contributed by atoms with E-state index < -0.39 is 0 Å². The molecule has 1 aromatic heterocycles. The van der Waals surface area contributed by atoms with Gasteiger partial charge in [-0.1, -0.05) is 35.9 Å². The lowest BCUT2D eigenvalue weighted by Gasteiger charge is -2.20. The van der Waals surface area contributed by atoms with Gasteiger partial charge in [0.2, 0.25) is 5.91 Å². The molecule has 26 heavy (non-hydrogen) atoms. The predicted molar refractivity (Wildman–Crippen MR) is 105 cm³/mol. The van der Waals surface area contributed by atoms with Crippen LogP contribution in [-0.4, -0.2) is 17.6 Å². The number of anilines is 1. The summed E-state index contributed by atoms with van der Waals surface area (Å²) in [5.41, 5.74) is 4.07. The number of hydrogen-bond acceptors (Lipinski definition) is 2. The highest BCUT2D eigenvalue weighted by atomic mass is 16.5. The standard InChI is InChI=1S/C22H24N2O2/c1-16-7-6-8-18(13-16)20(24-11-4-5-12-24)15-22(25)23-19-14-17(2)9-10-21(19)26-3/h4-14,20H,15H2,1-3H3,(H,23,25). The minimum Gasteiger partial charge on any atom is -0.495 e. The van der Waals surface area contributed by atoms with E-state index in [4.69, 9.17) is 4.74 Å². The Morgan fingerprint density at radius 2 is 1.77 bits per heavy atom. The normalized spacial score (nSPS) is 11.8. The molecule has 1 heterocycles. The molecule has 0 spiro atoms. The van der Waals surface area contributed by atoms with Crippen LogP contribution in [0, 0.1) is 13.8 Å². The van der Waals surface area contributed by atoms with E-state index in [-0.39, 0.29) is 11.9 Å². The number of benzene rings is 2. The van der Waals surface area contributed by atoms with Gasteiger partial charge in [0.1, 0.15) is 5.75 Å². The van der Waals surface area contributed by atoms with E-state index in [1.807, 2.05) is 55.7 Å². The first-order valence-electron chi connectivity index (χ1n) is 8.70. The average Bonchev–Trinajstić information content (AvgIpc) is 3.14. The second-order valence-electron chi connectivity index (χ2n) is 6.52. The van der Waals surface area contributed by atoms with Crippen LogP contribution in [0.25, 0.3) is 0 Å². The largest absolute Gasteiger partial charge is 0.495 e. The Kier molecular flexibility index (Phi) is 5.42. The van der Waals surface area contributed by atoms with Crippen LogP contribution >= 0.6 is 0 Å². The highest BCUT2D eigenvalue weighted by Crippen LogP contribution is 2.28. The molecule has 0 radical (unpaired) electrons. The van der Waals surface area contributed by atoms with Gasteiger partial charge in [0.15, 0.2) is 0 Å². The van der Waals surface area contributed by atoms with Crippen LogP contribution < -0.4 is 10.1 Å². The lowest BCUT2D eigenvalue weighted by molar-refractivity contribution is -0.116. The molecule has 3 aromatic rings. The highest BCUT2D eigenvalue weighted by Gasteiger charge is 2.18. The third kappa shape index (κ3) is 4.14. The van der Waals surface area contributed by atoms with Crippen molar-refractivity contribution in [3.63, 3.8) is 0 Å². The number of carbonyl (C=O) groups excluding carboxylic acids is 1. The molecular weight excluding hydrogens is 324 g/mol. The maximum atomic E-state index is 12.8. The van der Waals surface area contributed by atoms with E-state index in [9.17, 15) is 4.79 Å². The molecule has 0 bridgehead atoms. The summed E-state index contributed by atoms with van der Waals surface area (Å²) in [6.45, 7) is 4.05. The van der Waals surface area contributed by atoms with Gasteiger partial charge in [-0.25, -0.2) is 0 Å². The zero-order valence-electron chi connectivity index (χ0n) is 15.4. The maximum Gasteiger partial charge on any atom is 0.226 e. The summed E-state index contributed by atoms with van der Waals surface area (Å²) in [5.74, 6) is 0.617. The average molecular weight is 348 g/mol. The van der Waals surface area contributed by atoms with Crippen LogP contribution in [-0.2, 0) is 4.79 Å². The zero-order valence-corrected chi connectivity index (χ0v) is 15.4. The van der Waals surface area contributed by atoms with E-state index in [0.717, 1.165) is 11.1 Å². The molecule has 0 aliphatic heterocycles. The van der Waals surface area contributed by atoms with Gasteiger partial charge in [-0.15, -0.1) is 0 Å². The Labute approximate surface area is 154 Å². The smallest absolute Gasteiger partial charge is 0.226 e. The molecule has 2 aromatic carbocycles. The molecule has 4 heteroatoms. The summed E-state index contributed by atoms with van der Waals surface area (Å²) in [4.78, 5) is 12.8. The topological polar surface area (TPSA) is 43.3 Å². The van der Waals surface area contributed by atoms with E-state index >= 15 is 0 Å². The van der Waals surface area contributed by atoms with Crippen molar-refractivity contribution in [2.75, 3.05) is 12.4 Å². The molecule has 0 saturated heterocycles. The summed E-state index contributed by atoms with van der Waals surface area (Å²) in [6.07, 6.45) is 4.33. The highest BCUT2D eigenvalue weighted by molar-refractivity contribution is 5.92. The SMILES string of the molecule is COc1ccc(C)cc1NC(=O)CC(c1cccc(C)c1)n1cccc1. The predicted octanol–water partition coefficient (Wildman–Crippen LogP) is 4.73. The van der Waals surface area contributed by atoms with Gasteiger partial charge in [-0.2, -0.15) is 0 Å². The van der Waals surface area contributed by atoms with E-state index in [2.05, 4.69) is 35.0 Å². The summed E-state index contributed by atoms with van der Waals surface area (Å²) in [5, 5.41) is 3.00. The number of ether oxygens (including phenoxy) is 1. The van der Waals surface area contributed by atoms with Crippen molar-refractivity contribution >= 4 is 11.6 Å². The van der Waals surface area contributed by atoms with Crippen molar-refractivity contribution in [1.82, 2.24) is 4.57 Å². The van der Waals surface area contributed by atoms with Crippen molar-refractivity contribution < 1.29 is 9.53 Å². The minimum absolute atomic E-state index is 0.0471. The third-order valence-corrected chi connectivity index (χ3v) is 4.42. The number of methoxy groups -OCH3 is 1. The van der Waals surface area contributed by atoms with Crippen molar-refractivity contribution in [2.45, 2.75) is 26.3 Å². The Hall–Kier alpha value is -3.01. The van der Waals surface area contributed by atoms with Crippen LogP contribution in [0.5, 0.6) is 5.75 Å². The first-order valence-corrected chi connectivity index (χ1v) is 8.70. The van der Waals surface area contributed by atoms with Crippen LogP contribution in [0.3, 0.4) is 0 Å². The summed E-state index contributed by atoms with van der Waals surface area (Å²) in [7, 11) is 1.61. The Morgan fingerprint density at radius 1 is 1.04 bits per heavy atom. The number of aryl methyl sites for hydroxylation is 2. The first-order chi connectivity index (χ1) is 12.6. The van der Waals surface area contributed by atoms with Gasteiger partial charge in [-0.05, 0) is 49.2 Å². The first kappa shape index (κ1) is 17.8. The molecule has 4 nitrogen and oxygen atoms in total. The lowest BCUT2D eigenvalue weighted by Crippen LogP contribution is -2.20. The number of nitrogens with one attached hydrogen (secondary N) is 1. The number of aromatic nitrogens is 1. The molecule has 134 valence electrons. The van der Waals surface area contributed by atoms with Crippen molar-refractivity contribution in [1.29, 1.82) is 0 Å². The molecule has 1 amide bonds. The van der Waals surface area contributed by atoms with Crippen LogP contribution in [0.15, 0.2) is 67.0 Å². The number of amides is 1. The Bertz CT molecular complexity index is 885. The third-order valence-electron chi connectivity index (χ3n) is 4.42. The minimum atomic E-state index is -0.0549. The number of hydrogen-bond donors (Lipinski definition) is 1. The Morgan fingerprint density at radius 3 is 2.46 bits per heavy atom. The number of rotatable bonds is 6. The van der Waals surface area contributed by atoms with Gasteiger partial charge < -0.3 is 14.6 Å². The molecule has 1 N–H and O–H groups in total. The fourth-order valence-corrected chi connectivity index (χ4v) is 3.12. The molecular formula is C22H24N2O2. The quantitative estimate of drug-likeness (QED) is 0.700.